The quantitative estimate of drug-likeness (QED) is 0.397. The molecule has 0 aliphatic heterocycles. The maximum Gasteiger partial charge on any atom is 0.407 e. The Labute approximate surface area is 187 Å². The summed E-state index contributed by atoms with van der Waals surface area (Å²) < 4.78 is 16.2. The minimum absolute atomic E-state index is 0.154. The van der Waals surface area contributed by atoms with Crippen LogP contribution < -0.4 is 10.6 Å². The van der Waals surface area contributed by atoms with Gasteiger partial charge in [0.05, 0.1) is 19.8 Å². The SMILES string of the molecule is CCCCCCCOCCOCCNC(=O)c1ccc(CNC(=O)OC(C)(C)C)cc1. The molecule has 7 heteroatoms. The molecule has 0 spiro atoms. The van der Waals surface area contributed by atoms with Crippen molar-refractivity contribution in [2.45, 2.75) is 71.9 Å². The van der Waals surface area contributed by atoms with Gasteiger partial charge in [0.25, 0.3) is 5.91 Å². The summed E-state index contributed by atoms with van der Waals surface area (Å²) in [4.78, 5) is 23.9. The monoisotopic (exact) mass is 436 g/mol. The number of alkyl carbamates (subject to hydrolysis) is 1. The van der Waals surface area contributed by atoms with E-state index in [2.05, 4.69) is 17.6 Å². The normalized spacial score (nSPS) is 11.2. The molecule has 1 rings (SSSR count). The maximum absolute atomic E-state index is 12.2. The Morgan fingerprint density at radius 2 is 1.48 bits per heavy atom. The molecule has 0 heterocycles. The molecule has 0 atom stereocenters. The van der Waals surface area contributed by atoms with Crippen molar-refractivity contribution < 1.29 is 23.8 Å². The molecule has 0 saturated carbocycles. The minimum Gasteiger partial charge on any atom is -0.444 e. The van der Waals surface area contributed by atoms with E-state index >= 15 is 0 Å². The molecule has 2 N–H and O–H groups in total. The van der Waals surface area contributed by atoms with Gasteiger partial charge in [-0.1, -0.05) is 44.7 Å². The first kappa shape index (κ1) is 26.9. The predicted octanol–water partition coefficient (Wildman–Crippen LogP) is 4.44. The molecule has 176 valence electrons. The second-order valence-corrected chi connectivity index (χ2v) is 8.45. The highest BCUT2D eigenvalue weighted by Gasteiger charge is 2.15. The van der Waals surface area contributed by atoms with Crippen LogP contribution in [0.15, 0.2) is 24.3 Å². The van der Waals surface area contributed by atoms with Gasteiger partial charge in [-0.3, -0.25) is 4.79 Å². The maximum atomic E-state index is 12.2. The van der Waals surface area contributed by atoms with E-state index in [1.54, 1.807) is 12.1 Å². The fraction of sp³-hybridized carbons (Fsp3) is 0.667. The molecule has 31 heavy (non-hydrogen) atoms. The summed E-state index contributed by atoms with van der Waals surface area (Å²) in [5.41, 5.74) is 0.917. The zero-order chi connectivity index (χ0) is 23.0. The lowest BCUT2D eigenvalue weighted by Crippen LogP contribution is -2.32. The Bertz CT molecular complexity index is 626. The fourth-order valence-corrected chi connectivity index (χ4v) is 2.73. The van der Waals surface area contributed by atoms with Gasteiger partial charge in [0.2, 0.25) is 0 Å². The number of rotatable bonds is 15. The molecule has 2 amide bonds. The fourth-order valence-electron chi connectivity index (χ4n) is 2.73. The highest BCUT2D eigenvalue weighted by atomic mass is 16.6. The minimum atomic E-state index is -0.531. The molecular weight excluding hydrogens is 396 g/mol. The second kappa shape index (κ2) is 15.6. The lowest BCUT2D eigenvalue weighted by molar-refractivity contribution is 0.0468. The molecule has 0 aliphatic carbocycles. The van der Waals surface area contributed by atoms with Gasteiger partial charge in [-0.2, -0.15) is 0 Å². The van der Waals surface area contributed by atoms with Crippen LogP contribution in [0.3, 0.4) is 0 Å². The van der Waals surface area contributed by atoms with E-state index in [9.17, 15) is 9.59 Å². The topological polar surface area (TPSA) is 85.9 Å². The van der Waals surface area contributed by atoms with E-state index in [0.29, 0.717) is 38.5 Å². The van der Waals surface area contributed by atoms with Crippen LogP contribution >= 0.6 is 0 Å². The van der Waals surface area contributed by atoms with E-state index in [-0.39, 0.29) is 5.91 Å². The summed E-state index contributed by atoms with van der Waals surface area (Å²) in [6, 6.07) is 7.08. The number of amides is 2. The van der Waals surface area contributed by atoms with E-state index in [4.69, 9.17) is 14.2 Å². The predicted molar refractivity (Wildman–Crippen MR) is 122 cm³/mol. The largest absolute Gasteiger partial charge is 0.444 e. The average Bonchev–Trinajstić information content (AvgIpc) is 2.72. The Hall–Kier alpha value is -2.12. The number of unbranched alkanes of at least 4 members (excludes halogenated alkanes) is 4. The Morgan fingerprint density at radius 3 is 2.13 bits per heavy atom. The summed E-state index contributed by atoms with van der Waals surface area (Å²) in [6.07, 6.45) is 5.69. The van der Waals surface area contributed by atoms with Crippen LogP contribution in [0.25, 0.3) is 0 Å². The van der Waals surface area contributed by atoms with Crippen molar-refractivity contribution in [3.8, 4) is 0 Å². The van der Waals surface area contributed by atoms with Crippen molar-refractivity contribution in [3.05, 3.63) is 35.4 Å². The van der Waals surface area contributed by atoms with Crippen LogP contribution in [0.4, 0.5) is 4.79 Å². The highest BCUT2D eigenvalue weighted by molar-refractivity contribution is 5.94. The summed E-state index contributed by atoms with van der Waals surface area (Å²) >= 11 is 0. The van der Waals surface area contributed by atoms with Gasteiger partial charge in [-0.15, -0.1) is 0 Å². The van der Waals surface area contributed by atoms with E-state index in [0.717, 1.165) is 18.6 Å². The molecule has 0 aliphatic rings. The Kier molecular flexibility index (Phi) is 13.6. The summed E-state index contributed by atoms with van der Waals surface area (Å²) in [5.74, 6) is -0.154. The molecule has 1 aromatic rings. The van der Waals surface area contributed by atoms with E-state index in [1.807, 2.05) is 32.9 Å². The number of hydrogen-bond acceptors (Lipinski definition) is 5. The smallest absolute Gasteiger partial charge is 0.407 e. The van der Waals surface area contributed by atoms with Crippen molar-refractivity contribution in [3.63, 3.8) is 0 Å². The first-order chi connectivity index (χ1) is 14.8. The molecule has 0 aromatic heterocycles. The van der Waals surface area contributed by atoms with Crippen LogP contribution in [0.5, 0.6) is 0 Å². The van der Waals surface area contributed by atoms with Crippen LogP contribution in [-0.4, -0.2) is 50.6 Å². The van der Waals surface area contributed by atoms with Gasteiger partial charge in [-0.25, -0.2) is 4.79 Å². The summed E-state index contributed by atoms with van der Waals surface area (Å²) in [7, 11) is 0. The van der Waals surface area contributed by atoms with Crippen LogP contribution in [0.2, 0.25) is 0 Å². The first-order valence-electron chi connectivity index (χ1n) is 11.3. The Balaban J connectivity index is 2.10. The standard InChI is InChI=1S/C24H40N2O5/c1-5-6-7-8-9-15-29-17-18-30-16-14-25-22(27)21-12-10-20(11-13-21)19-26-23(28)31-24(2,3)4/h10-13H,5-9,14-19H2,1-4H3,(H,25,27)(H,26,28). The molecule has 1 aromatic carbocycles. The number of carbonyl (C=O) groups excluding carboxylic acids is 2. The van der Waals surface area contributed by atoms with Gasteiger partial charge in [-0.05, 0) is 44.9 Å². The number of ether oxygens (including phenoxy) is 3. The molecule has 0 unspecified atom stereocenters. The second-order valence-electron chi connectivity index (χ2n) is 8.45. The number of benzene rings is 1. The van der Waals surface area contributed by atoms with E-state index < -0.39 is 11.7 Å². The van der Waals surface area contributed by atoms with Gasteiger partial charge in [0, 0.05) is 25.3 Å². The van der Waals surface area contributed by atoms with E-state index in [1.165, 1.54) is 25.7 Å². The van der Waals surface area contributed by atoms with Crippen LogP contribution in [0.1, 0.15) is 75.7 Å². The highest BCUT2D eigenvalue weighted by Crippen LogP contribution is 2.08. The van der Waals surface area contributed by atoms with Crippen molar-refractivity contribution in [2.24, 2.45) is 0 Å². The summed E-state index contributed by atoms with van der Waals surface area (Å²) in [6.45, 7) is 10.8. The van der Waals surface area contributed by atoms with Crippen molar-refractivity contribution in [1.29, 1.82) is 0 Å². The lowest BCUT2D eigenvalue weighted by Gasteiger charge is -2.19. The molecular formula is C24H40N2O5. The summed E-state index contributed by atoms with van der Waals surface area (Å²) in [5, 5.41) is 5.52. The first-order valence-corrected chi connectivity index (χ1v) is 11.3. The number of carbonyl (C=O) groups is 2. The number of hydrogen-bond donors (Lipinski definition) is 2. The van der Waals surface area contributed by atoms with Gasteiger partial charge in [0.1, 0.15) is 5.60 Å². The van der Waals surface area contributed by atoms with Crippen LogP contribution in [0, 0.1) is 0 Å². The van der Waals surface area contributed by atoms with Gasteiger partial charge in [0.15, 0.2) is 0 Å². The molecule has 0 bridgehead atoms. The van der Waals surface area contributed by atoms with Gasteiger partial charge < -0.3 is 24.8 Å². The molecule has 7 nitrogen and oxygen atoms in total. The third-order valence-corrected chi connectivity index (χ3v) is 4.35. The zero-order valence-electron chi connectivity index (χ0n) is 19.6. The van der Waals surface area contributed by atoms with Crippen molar-refractivity contribution in [1.82, 2.24) is 10.6 Å². The third-order valence-electron chi connectivity index (χ3n) is 4.35. The van der Waals surface area contributed by atoms with Crippen molar-refractivity contribution in [2.75, 3.05) is 33.0 Å². The molecule has 0 saturated heterocycles. The zero-order valence-corrected chi connectivity index (χ0v) is 19.6. The average molecular weight is 437 g/mol. The van der Waals surface area contributed by atoms with Crippen molar-refractivity contribution >= 4 is 12.0 Å². The third kappa shape index (κ3) is 14.5. The number of nitrogens with one attached hydrogen (secondary N) is 2. The van der Waals surface area contributed by atoms with Crippen LogP contribution in [-0.2, 0) is 20.8 Å². The Morgan fingerprint density at radius 1 is 0.839 bits per heavy atom. The molecule has 0 fully saturated rings. The molecule has 0 radical (unpaired) electrons. The van der Waals surface area contributed by atoms with Gasteiger partial charge >= 0.3 is 6.09 Å². The lowest BCUT2D eigenvalue weighted by atomic mass is 10.1.